The maximum absolute atomic E-state index is 5.62. The van der Waals surface area contributed by atoms with E-state index in [1.54, 1.807) is 0 Å². The molecule has 1 unspecified atom stereocenters. The highest BCUT2D eigenvalue weighted by atomic mass is 16.5. The van der Waals surface area contributed by atoms with Crippen LogP contribution in [0.2, 0.25) is 0 Å². The molecule has 3 nitrogen and oxygen atoms in total. The third kappa shape index (κ3) is 3.36. The van der Waals surface area contributed by atoms with Gasteiger partial charge in [0.1, 0.15) is 0 Å². The van der Waals surface area contributed by atoms with Gasteiger partial charge in [0.2, 0.25) is 0 Å². The van der Waals surface area contributed by atoms with E-state index in [1.165, 1.54) is 37.1 Å². The molecule has 2 rings (SSSR count). The van der Waals surface area contributed by atoms with E-state index in [0.29, 0.717) is 6.10 Å². The summed E-state index contributed by atoms with van der Waals surface area (Å²) in [4.78, 5) is 0. The first kappa shape index (κ1) is 13.6. The van der Waals surface area contributed by atoms with Gasteiger partial charge in [-0.3, -0.25) is 0 Å². The van der Waals surface area contributed by atoms with Crippen molar-refractivity contribution >= 4 is 0 Å². The Morgan fingerprint density at radius 2 is 2.17 bits per heavy atom. The molecule has 0 spiro atoms. The average molecular weight is 250 g/mol. The van der Waals surface area contributed by atoms with Crippen molar-refractivity contribution in [1.82, 2.24) is 9.88 Å². The van der Waals surface area contributed by atoms with Crippen molar-refractivity contribution in [2.45, 2.75) is 58.7 Å². The second kappa shape index (κ2) is 6.95. The molecule has 102 valence electrons. The molecular weight excluding hydrogens is 224 g/mol. The van der Waals surface area contributed by atoms with Gasteiger partial charge < -0.3 is 14.6 Å². The van der Waals surface area contributed by atoms with Gasteiger partial charge in [0, 0.05) is 37.6 Å². The van der Waals surface area contributed by atoms with Crippen LogP contribution in [0.3, 0.4) is 0 Å². The molecule has 0 bridgehead atoms. The molecule has 1 aromatic heterocycles. The number of nitrogens with zero attached hydrogens (tertiary/aromatic N) is 1. The lowest BCUT2D eigenvalue weighted by molar-refractivity contribution is 0.110. The molecule has 3 heteroatoms. The molecule has 1 aliphatic rings. The van der Waals surface area contributed by atoms with Gasteiger partial charge in [-0.05, 0) is 38.3 Å². The van der Waals surface area contributed by atoms with Crippen LogP contribution < -0.4 is 5.32 Å². The molecule has 1 aromatic rings. The fourth-order valence-electron chi connectivity index (χ4n) is 2.76. The second-order valence-electron chi connectivity index (χ2n) is 5.08. The normalized spacial score (nSPS) is 19.6. The molecule has 0 radical (unpaired) electrons. The molecular formula is C15H26N2O. The van der Waals surface area contributed by atoms with Crippen LogP contribution in [0.25, 0.3) is 0 Å². The first-order valence-corrected chi connectivity index (χ1v) is 7.34. The lowest BCUT2D eigenvalue weighted by Gasteiger charge is -2.13. The first-order valence-electron chi connectivity index (χ1n) is 7.34. The third-order valence-corrected chi connectivity index (χ3v) is 3.69. The molecule has 1 aliphatic heterocycles. The number of hydrogen-bond acceptors (Lipinski definition) is 2. The fraction of sp³-hybridized carbons (Fsp3) is 0.733. The molecule has 0 aliphatic carbocycles. The third-order valence-electron chi connectivity index (χ3n) is 3.69. The maximum atomic E-state index is 5.62. The highest BCUT2D eigenvalue weighted by Gasteiger charge is 2.15. The molecule has 1 atom stereocenters. The standard InChI is InChI=1S/C15H26N2O/c1-3-6-13-8-9-14(17(13)4-2)11-16-12-15-7-5-10-18-15/h8-9,15-16H,3-7,10-12H2,1-2H3. The zero-order chi connectivity index (χ0) is 12.8. The van der Waals surface area contributed by atoms with Gasteiger partial charge >= 0.3 is 0 Å². The Hall–Kier alpha value is -0.800. The molecule has 0 amide bonds. The predicted octanol–water partition coefficient (Wildman–Crippen LogP) is 2.73. The number of nitrogens with one attached hydrogen (secondary N) is 1. The van der Waals surface area contributed by atoms with Crippen molar-refractivity contribution in [2.75, 3.05) is 13.2 Å². The summed E-state index contributed by atoms with van der Waals surface area (Å²) in [5, 5.41) is 3.53. The van der Waals surface area contributed by atoms with Crippen molar-refractivity contribution in [2.24, 2.45) is 0 Å². The molecule has 0 saturated carbocycles. The Morgan fingerprint density at radius 1 is 1.33 bits per heavy atom. The summed E-state index contributed by atoms with van der Waals surface area (Å²) in [5.74, 6) is 0. The maximum Gasteiger partial charge on any atom is 0.0700 e. The quantitative estimate of drug-likeness (QED) is 0.805. The Kier molecular flexibility index (Phi) is 5.26. The lowest BCUT2D eigenvalue weighted by Crippen LogP contribution is -2.26. The highest BCUT2D eigenvalue weighted by molar-refractivity contribution is 5.16. The Balaban J connectivity index is 1.84. The summed E-state index contributed by atoms with van der Waals surface area (Å²) in [6.45, 7) is 8.41. The van der Waals surface area contributed by atoms with Crippen LogP contribution in [0.15, 0.2) is 12.1 Å². The molecule has 1 fully saturated rings. The monoisotopic (exact) mass is 250 g/mol. The topological polar surface area (TPSA) is 26.2 Å². The number of ether oxygens (including phenoxy) is 1. The van der Waals surface area contributed by atoms with E-state index in [0.717, 1.165) is 26.2 Å². The summed E-state index contributed by atoms with van der Waals surface area (Å²) in [6, 6.07) is 4.53. The van der Waals surface area contributed by atoms with E-state index < -0.39 is 0 Å². The average Bonchev–Trinajstić information content (AvgIpc) is 3.00. The minimum absolute atomic E-state index is 0.435. The van der Waals surface area contributed by atoms with Gasteiger partial charge in [0.15, 0.2) is 0 Å². The van der Waals surface area contributed by atoms with E-state index >= 15 is 0 Å². The highest BCUT2D eigenvalue weighted by Crippen LogP contribution is 2.13. The minimum atomic E-state index is 0.435. The van der Waals surface area contributed by atoms with Crippen molar-refractivity contribution in [3.05, 3.63) is 23.5 Å². The molecule has 0 aromatic carbocycles. The summed E-state index contributed by atoms with van der Waals surface area (Å²) in [5.41, 5.74) is 2.87. The van der Waals surface area contributed by atoms with Crippen LogP contribution in [-0.2, 0) is 24.2 Å². The van der Waals surface area contributed by atoms with Crippen LogP contribution in [0.1, 0.15) is 44.5 Å². The van der Waals surface area contributed by atoms with Crippen molar-refractivity contribution in [1.29, 1.82) is 0 Å². The van der Waals surface area contributed by atoms with Crippen LogP contribution in [-0.4, -0.2) is 23.8 Å². The number of rotatable bonds is 7. The summed E-state index contributed by atoms with van der Waals surface area (Å²) in [7, 11) is 0. The van der Waals surface area contributed by atoms with E-state index in [4.69, 9.17) is 4.74 Å². The van der Waals surface area contributed by atoms with Crippen molar-refractivity contribution in [3.8, 4) is 0 Å². The van der Waals surface area contributed by atoms with Gasteiger partial charge in [0.25, 0.3) is 0 Å². The van der Waals surface area contributed by atoms with Gasteiger partial charge in [0.05, 0.1) is 6.10 Å². The lowest BCUT2D eigenvalue weighted by atomic mass is 10.2. The van der Waals surface area contributed by atoms with E-state index in [-0.39, 0.29) is 0 Å². The van der Waals surface area contributed by atoms with Crippen LogP contribution in [0, 0.1) is 0 Å². The van der Waals surface area contributed by atoms with E-state index in [2.05, 4.69) is 35.9 Å². The smallest absolute Gasteiger partial charge is 0.0700 e. The van der Waals surface area contributed by atoms with Gasteiger partial charge in [-0.15, -0.1) is 0 Å². The summed E-state index contributed by atoms with van der Waals surface area (Å²) < 4.78 is 8.06. The SMILES string of the molecule is CCCc1ccc(CNCC2CCCO2)n1CC. The van der Waals surface area contributed by atoms with Crippen LogP contribution in [0.5, 0.6) is 0 Å². The minimum Gasteiger partial charge on any atom is -0.377 e. The molecule has 2 heterocycles. The van der Waals surface area contributed by atoms with Crippen LogP contribution in [0.4, 0.5) is 0 Å². The number of hydrogen-bond donors (Lipinski definition) is 1. The van der Waals surface area contributed by atoms with Gasteiger partial charge in [-0.1, -0.05) is 13.3 Å². The molecule has 1 N–H and O–H groups in total. The van der Waals surface area contributed by atoms with Crippen molar-refractivity contribution < 1.29 is 4.74 Å². The van der Waals surface area contributed by atoms with Gasteiger partial charge in [-0.2, -0.15) is 0 Å². The predicted molar refractivity (Wildman–Crippen MR) is 74.8 cm³/mol. The summed E-state index contributed by atoms with van der Waals surface area (Å²) >= 11 is 0. The van der Waals surface area contributed by atoms with E-state index in [1.807, 2.05) is 0 Å². The van der Waals surface area contributed by atoms with E-state index in [9.17, 15) is 0 Å². The largest absolute Gasteiger partial charge is 0.377 e. The van der Waals surface area contributed by atoms with Crippen LogP contribution >= 0.6 is 0 Å². The Bertz CT molecular complexity index is 353. The Labute approximate surface area is 111 Å². The molecule has 1 saturated heterocycles. The van der Waals surface area contributed by atoms with Gasteiger partial charge in [-0.25, -0.2) is 0 Å². The number of aromatic nitrogens is 1. The zero-order valence-corrected chi connectivity index (χ0v) is 11.7. The Morgan fingerprint density at radius 3 is 2.83 bits per heavy atom. The summed E-state index contributed by atoms with van der Waals surface area (Å²) in [6.07, 6.45) is 5.26. The fourth-order valence-corrected chi connectivity index (χ4v) is 2.76. The second-order valence-corrected chi connectivity index (χ2v) is 5.08. The molecule has 18 heavy (non-hydrogen) atoms. The zero-order valence-electron chi connectivity index (χ0n) is 11.7. The van der Waals surface area contributed by atoms with Crippen molar-refractivity contribution in [3.63, 3.8) is 0 Å². The first-order chi connectivity index (χ1) is 8.85. The number of aryl methyl sites for hydroxylation is 1.